The van der Waals surface area contributed by atoms with Crippen molar-refractivity contribution in [3.63, 3.8) is 0 Å². The molecule has 0 amide bonds. The Morgan fingerprint density at radius 3 is 2.83 bits per heavy atom. The minimum absolute atomic E-state index is 0.0621. The maximum atomic E-state index is 8.66. The van der Waals surface area contributed by atoms with Crippen LogP contribution in [0, 0.1) is 5.41 Å². The molecule has 0 unspecified atom stereocenters. The van der Waals surface area contributed by atoms with E-state index in [0.717, 1.165) is 34.0 Å². The van der Waals surface area contributed by atoms with Crippen molar-refractivity contribution in [3.05, 3.63) is 42.5 Å². The van der Waals surface area contributed by atoms with Crippen molar-refractivity contribution < 1.29 is 4.74 Å². The lowest BCUT2D eigenvalue weighted by Crippen LogP contribution is -2.33. The molecule has 0 saturated carbocycles. The second-order valence-electron chi connectivity index (χ2n) is 7.52. The summed E-state index contributed by atoms with van der Waals surface area (Å²) in [7, 11) is 0. The molecular formula is C21H25N7O. The van der Waals surface area contributed by atoms with E-state index in [2.05, 4.69) is 15.3 Å². The van der Waals surface area contributed by atoms with E-state index >= 15 is 0 Å². The molecule has 0 aliphatic carbocycles. The van der Waals surface area contributed by atoms with Gasteiger partial charge in [-0.1, -0.05) is 6.07 Å². The Hall–Kier alpha value is -3.42. The molecule has 0 saturated heterocycles. The summed E-state index contributed by atoms with van der Waals surface area (Å²) in [5.74, 6) is 1.88. The normalized spacial score (nSPS) is 12.6. The monoisotopic (exact) mass is 391 g/mol. The van der Waals surface area contributed by atoms with E-state index in [-0.39, 0.29) is 6.04 Å². The van der Waals surface area contributed by atoms with Crippen LogP contribution in [-0.4, -0.2) is 49.0 Å². The van der Waals surface area contributed by atoms with E-state index in [1.165, 1.54) is 0 Å². The maximum Gasteiger partial charge on any atom is 0.169 e. The van der Waals surface area contributed by atoms with Gasteiger partial charge in [0, 0.05) is 29.7 Å². The first-order valence-electron chi connectivity index (χ1n) is 9.67. The van der Waals surface area contributed by atoms with E-state index in [0.29, 0.717) is 24.7 Å². The highest BCUT2D eigenvalue weighted by molar-refractivity contribution is 5.96. The van der Waals surface area contributed by atoms with Crippen LogP contribution in [0.15, 0.2) is 41.9 Å². The predicted octanol–water partition coefficient (Wildman–Crippen LogP) is 3.76. The molecule has 0 fully saturated rings. The van der Waals surface area contributed by atoms with Crippen LogP contribution in [0.4, 0.5) is 0 Å². The number of ether oxygens (including phenoxy) is 1. The fourth-order valence-electron chi connectivity index (χ4n) is 3.34. The molecule has 1 aliphatic rings. The Bertz CT molecular complexity index is 1060. The van der Waals surface area contributed by atoms with Gasteiger partial charge in [-0.2, -0.15) is 10.2 Å². The summed E-state index contributed by atoms with van der Waals surface area (Å²) in [5.41, 5.74) is 4.45. The van der Waals surface area contributed by atoms with Crippen molar-refractivity contribution >= 4 is 11.5 Å². The third kappa shape index (κ3) is 3.65. The Morgan fingerprint density at radius 1 is 1.31 bits per heavy atom. The molecule has 4 rings (SSSR count). The summed E-state index contributed by atoms with van der Waals surface area (Å²) in [6, 6.07) is 6.13. The van der Waals surface area contributed by atoms with Gasteiger partial charge in [0.15, 0.2) is 5.84 Å². The smallest absolute Gasteiger partial charge is 0.169 e. The average molecular weight is 391 g/mol. The molecule has 150 valence electrons. The topological polar surface area (TPSA) is 95.2 Å². The standard InChI is InChI=1S/C21H25N7O/c1-13(2)26-28(14(3)4)20(22)18-12-27-7-8-29-19-9-15(16-10-23-24-11-16)5-6-17(19)21(27)25-18/h5-6,9-12,14,22H,7-8H2,1-4H3,(H,23,24). The van der Waals surface area contributed by atoms with Crippen LogP contribution in [0.25, 0.3) is 22.5 Å². The molecule has 3 aromatic rings. The second kappa shape index (κ2) is 7.54. The Balaban J connectivity index is 1.73. The van der Waals surface area contributed by atoms with Crippen LogP contribution in [0.5, 0.6) is 5.75 Å². The molecule has 1 aromatic carbocycles. The number of rotatable bonds is 4. The lowest BCUT2D eigenvalue weighted by molar-refractivity contribution is 0.306. The number of nitrogens with zero attached hydrogens (tertiary/aromatic N) is 5. The van der Waals surface area contributed by atoms with E-state index in [9.17, 15) is 0 Å². The highest BCUT2D eigenvalue weighted by Crippen LogP contribution is 2.35. The summed E-state index contributed by atoms with van der Waals surface area (Å²) < 4.78 is 8.04. The van der Waals surface area contributed by atoms with E-state index < -0.39 is 0 Å². The van der Waals surface area contributed by atoms with Crippen LogP contribution in [0.1, 0.15) is 33.4 Å². The third-order valence-electron chi connectivity index (χ3n) is 4.69. The van der Waals surface area contributed by atoms with Crippen molar-refractivity contribution in [2.75, 3.05) is 6.61 Å². The molecule has 2 aromatic heterocycles. The minimum atomic E-state index is 0.0621. The fraction of sp³-hybridized carbons (Fsp3) is 0.333. The summed E-state index contributed by atoms with van der Waals surface area (Å²) in [6.07, 6.45) is 5.56. The van der Waals surface area contributed by atoms with Gasteiger partial charge in [0.25, 0.3) is 0 Å². The molecule has 0 atom stereocenters. The van der Waals surface area contributed by atoms with Gasteiger partial charge in [0.05, 0.1) is 18.3 Å². The summed E-state index contributed by atoms with van der Waals surface area (Å²) in [5, 5.41) is 21.7. The molecule has 0 spiro atoms. The number of fused-ring (bicyclic) bond motifs is 3. The first-order chi connectivity index (χ1) is 13.9. The van der Waals surface area contributed by atoms with E-state index in [4.69, 9.17) is 15.1 Å². The van der Waals surface area contributed by atoms with Gasteiger partial charge in [-0.05, 0) is 45.4 Å². The number of imidazole rings is 1. The molecule has 29 heavy (non-hydrogen) atoms. The minimum Gasteiger partial charge on any atom is -0.491 e. The lowest BCUT2D eigenvalue weighted by atomic mass is 10.1. The molecule has 0 radical (unpaired) electrons. The zero-order chi connectivity index (χ0) is 20.5. The van der Waals surface area contributed by atoms with Gasteiger partial charge in [-0.3, -0.25) is 10.5 Å². The Labute approximate surface area is 169 Å². The van der Waals surface area contributed by atoms with Gasteiger partial charge < -0.3 is 9.30 Å². The molecule has 8 heteroatoms. The summed E-state index contributed by atoms with van der Waals surface area (Å²) in [6.45, 7) is 9.10. The number of hydrogen-bond donors (Lipinski definition) is 2. The number of aromatic amines is 1. The van der Waals surface area contributed by atoms with Gasteiger partial charge in [-0.15, -0.1) is 0 Å². The Morgan fingerprint density at radius 2 is 2.14 bits per heavy atom. The average Bonchev–Trinajstić information content (AvgIpc) is 3.33. The van der Waals surface area contributed by atoms with Crippen LogP contribution >= 0.6 is 0 Å². The molecule has 8 nitrogen and oxygen atoms in total. The molecule has 0 bridgehead atoms. The number of benzene rings is 1. The van der Waals surface area contributed by atoms with Crippen molar-refractivity contribution in [2.24, 2.45) is 5.10 Å². The first-order valence-corrected chi connectivity index (χ1v) is 9.67. The van der Waals surface area contributed by atoms with Gasteiger partial charge in [0.2, 0.25) is 0 Å². The SMILES string of the molecule is CC(C)=NN(C(=N)c1cn2c(n1)-c1ccc(-c3cn[nH]c3)cc1OCC2)C(C)C. The highest BCUT2D eigenvalue weighted by atomic mass is 16.5. The summed E-state index contributed by atoms with van der Waals surface area (Å²) in [4.78, 5) is 4.78. The molecule has 3 heterocycles. The zero-order valence-corrected chi connectivity index (χ0v) is 17.1. The summed E-state index contributed by atoms with van der Waals surface area (Å²) >= 11 is 0. The maximum absolute atomic E-state index is 8.66. The van der Waals surface area contributed by atoms with Crippen LogP contribution < -0.4 is 4.74 Å². The largest absolute Gasteiger partial charge is 0.491 e. The van der Waals surface area contributed by atoms with Crippen LogP contribution in [0.3, 0.4) is 0 Å². The fourth-order valence-corrected chi connectivity index (χ4v) is 3.34. The molecular weight excluding hydrogens is 366 g/mol. The quantitative estimate of drug-likeness (QED) is 0.402. The Kier molecular flexibility index (Phi) is 4.92. The van der Waals surface area contributed by atoms with Gasteiger partial charge in [0.1, 0.15) is 23.9 Å². The molecule has 2 N–H and O–H groups in total. The first kappa shape index (κ1) is 18.9. The number of hydrazone groups is 1. The number of hydrogen-bond acceptors (Lipinski definition) is 5. The molecule has 1 aliphatic heterocycles. The second-order valence-corrected chi connectivity index (χ2v) is 7.52. The zero-order valence-electron chi connectivity index (χ0n) is 17.1. The van der Waals surface area contributed by atoms with Crippen LogP contribution in [0.2, 0.25) is 0 Å². The van der Waals surface area contributed by atoms with Gasteiger partial charge >= 0.3 is 0 Å². The highest BCUT2D eigenvalue weighted by Gasteiger charge is 2.23. The lowest BCUT2D eigenvalue weighted by Gasteiger charge is -2.23. The number of aromatic nitrogens is 4. The van der Waals surface area contributed by atoms with Crippen molar-refractivity contribution in [3.8, 4) is 28.3 Å². The van der Waals surface area contributed by atoms with Crippen molar-refractivity contribution in [1.82, 2.24) is 24.8 Å². The van der Waals surface area contributed by atoms with Gasteiger partial charge in [-0.25, -0.2) is 9.99 Å². The van der Waals surface area contributed by atoms with E-state index in [1.54, 1.807) is 11.2 Å². The number of amidine groups is 1. The van der Waals surface area contributed by atoms with Crippen molar-refractivity contribution in [1.29, 1.82) is 5.41 Å². The van der Waals surface area contributed by atoms with Crippen LogP contribution in [-0.2, 0) is 6.54 Å². The number of H-pyrrole nitrogens is 1. The van der Waals surface area contributed by atoms with Crippen molar-refractivity contribution in [2.45, 2.75) is 40.3 Å². The third-order valence-corrected chi connectivity index (χ3v) is 4.69. The predicted molar refractivity (Wildman–Crippen MR) is 113 cm³/mol. The van der Waals surface area contributed by atoms with E-state index in [1.807, 2.05) is 62.9 Å². The number of nitrogens with one attached hydrogen (secondary N) is 2.